The Hall–Kier alpha value is -1.49. The van der Waals surface area contributed by atoms with Crippen LogP contribution in [0.1, 0.15) is 33.6 Å². The standard InChI is InChI=1S/C22H35BrClN5O3Si/c1-22(2,3)32-21(30)28-14-9-13(10-14)27-18-15(25)11-26-20-16(18)17(23)19(24)29(20)12-31-7-8-33(4,5)6/h11,13-14H,7-10,12,25H2,1-6H3,(H,26,27)(H,28,30). The summed E-state index contributed by atoms with van der Waals surface area (Å²) in [6.45, 7) is 13.5. The van der Waals surface area contributed by atoms with Crippen LogP contribution in [-0.4, -0.2) is 48.0 Å². The van der Waals surface area contributed by atoms with Gasteiger partial charge >= 0.3 is 6.09 Å². The quantitative estimate of drug-likeness (QED) is 0.278. The van der Waals surface area contributed by atoms with Crippen LogP contribution in [0.5, 0.6) is 0 Å². The van der Waals surface area contributed by atoms with Crippen molar-refractivity contribution in [1.29, 1.82) is 0 Å². The molecule has 1 amide bonds. The molecule has 0 bridgehead atoms. The third kappa shape index (κ3) is 6.77. The molecule has 0 spiro atoms. The van der Waals surface area contributed by atoms with Crippen LogP contribution >= 0.6 is 27.5 Å². The number of ether oxygens (including phenoxy) is 2. The highest BCUT2D eigenvalue weighted by molar-refractivity contribution is 9.10. The number of hydrogen-bond acceptors (Lipinski definition) is 6. The smallest absolute Gasteiger partial charge is 0.407 e. The van der Waals surface area contributed by atoms with Gasteiger partial charge in [-0.25, -0.2) is 9.78 Å². The van der Waals surface area contributed by atoms with Gasteiger partial charge in [-0.05, 0) is 55.6 Å². The molecule has 11 heteroatoms. The fourth-order valence-electron chi connectivity index (χ4n) is 3.58. The maximum atomic E-state index is 12.0. The fourth-order valence-corrected chi connectivity index (χ4v) is 5.15. The summed E-state index contributed by atoms with van der Waals surface area (Å²) in [4.78, 5) is 16.5. The minimum atomic E-state index is -1.17. The predicted octanol–water partition coefficient (Wildman–Crippen LogP) is 5.81. The molecular formula is C22H35BrClN5O3Si. The van der Waals surface area contributed by atoms with Crippen molar-refractivity contribution in [1.82, 2.24) is 14.9 Å². The molecule has 0 radical (unpaired) electrons. The maximum Gasteiger partial charge on any atom is 0.407 e. The van der Waals surface area contributed by atoms with Crippen LogP contribution in [0.3, 0.4) is 0 Å². The number of nitrogens with one attached hydrogen (secondary N) is 2. The summed E-state index contributed by atoms with van der Waals surface area (Å²) in [7, 11) is -1.17. The van der Waals surface area contributed by atoms with Crippen LogP contribution in [-0.2, 0) is 16.2 Å². The highest BCUT2D eigenvalue weighted by atomic mass is 79.9. The van der Waals surface area contributed by atoms with Crippen molar-refractivity contribution in [3.05, 3.63) is 15.8 Å². The van der Waals surface area contributed by atoms with Crippen molar-refractivity contribution in [2.45, 2.75) is 83.7 Å². The molecule has 4 N–H and O–H groups in total. The van der Waals surface area contributed by atoms with Crippen LogP contribution in [0.15, 0.2) is 10.7 Å². The molecule has 1 saturated carbocycles. The normalized spacial score (nSPS) is 18.8. The van der Waals surface area contributed by atoms with Gasteiger partial charge in [0.15, 0.2) is 0 Å². The second kappa shape index (κ2) is 10.0. The van der Waals surface area contributed by atoms with Gasteiger partial charge in [0.25, 0.3) is 0 Å². The van der Waals surface area contributed by atoms with Crippen LogP contribution in [0.4, 0.5) is 16.2 Å². The number of fused-ring (bicyclic) bond motifs is 1. The lowest BCUT2D eigenvalue weighted by Crippen LogP contribution is -2.50. The molecule has 2 aromatic heterocycles. The predicted molar refractivity (Wildman–Crippen MR) is 141 cm³/mol. The monoisotopic (exact) mass is 559 g/mol. The Morgan fingerprint density at radius 2 is 2.00 bits per heavy atom. The van der Waals surface area contributed by atoms with Crippen LogP contribution < -0.4 is 16.4 Å². The number of carbonyl (C=O) groups is 1. The zero-order chi connectivity index (χ0) is 24.6. The van der Waals surface area contributed by atoms with Crippen molar-refractivity contribution in [3.63, 3.8) is 0 Å². The number of nitrogens with zero attached hydrogens (tertiary/aromatic N) is 2. The number of nitrogens with two attached hydrogens (primary N) is 1. The van der Waals surface area contributed by atoms with E-state index in [0.29, 0.717) is 29.8 Å². The summed E-state index contributed by atoms with van der Waals surface area (Å²) >= 11 is 10.2. The molecule has 1 aliphatic rings. The lowest BCUT2D eigenvalue weighted by atomic mass is 9.86. The highest BCUT2D eigenvalue weighted by Gasteiger charge is 2.33. The third-order valence-electron chi connectivity index (χ3n) is 5.41. The number of hydrogen-bond donors (Lipinski definition) is 3. The summed E-state index contributed by atoms with van der Waals surface area (Å²) < 4.78 is 13.8. The molecule has 0 unspecified atom stereocenters. The van der Waals surface area contributed by atoms with Gasteiger partial charge in [-0.1, -0.05) is 31.2 Å². The van der Waals surface area contributed by atoms with E-state index in [1.807, 2.05) is 25.3 Å². The number of anilines is 2. The number of amides is 1. The Kier molecular flexibility index (Phi) is 7.92. The largest absolute Gasteiger partial charge is 0.444 e. The number of pyridine rings is 1. The van der Waals surface area contributed by atoms with Crippen molar-refractivity contribution in [3.8, 4) is 0 Å². The molecule has 184 valence electrons. The summed E-state index contributed by atoms with van der Waals surface area (Å²) in [5.41, 5.74) is 7.80. The zero-order valence-corrected chi connectivity index (χ0v) is 23.6. The van der Waals surface area contributed by atoms with Gasteiger partial charge in [-0.15, -0.1) is 0 Å². The number of rotatable bonds is 8. The van der Waals surface area contributed by atoms with E-state index in [-0.39, 0.29) is 12.1 Å². The minimum Gasteiger partial charge on any atom is -0.444 e. The second-order valence-corrected chi connectivity index (χ2v) is 17.6. The van der Waals surface area contributed by atoms with Crippen molar-refractivity contribution < 1.29 is 14.3 Å². The number of aromatic nitrogens is 2. The number of halogens is 2. The number of alkyl carbamates (subject to hydrolysis) is 1. The topological polar surface area (TPSA) is 103 Å². The van der Waals surface area contributed by atoms with E-state index in [2.05, 4.69) is 51.2 Å². The summed E-state index contributed by atoms with van der Waals surface area (Å²) in [5, 5.41) is 7.78. The van der Waals surface area contributed by atoms with E-state index < -0.39 is 19.8 Å². The Balaban J connectivity index is 1.68. The van der Waals surface area contributed by atoms with Gasteiger partial charge < -0.3 is 25.8 Å². The molecule has 0 atom stereocenters. The minimum absolute atomic E-state index is 0.0623. The van der Waals surface area contributed by atoms with Crippen LogP contribution in [0.2, 0.25) is 30.8 Å². The molecule has 33 heavy (non-hydrogen) atoms. The van der Waals surface area contributed by atoms with E-state index in [1.54, 1.807) is 6.20 Å². The Labute approximate surface area is 210 Å². The molecule has 0 saturated heterocycles. The van der Waals surface area contributed by atoms with Gasteiger partial charge in [0.1, 0.15) is 23.1 Å². The molecule has 2 aromatic rings. The SMILES string of the molecule is CC(C)(C)OC(=O)NC1CC(Nc2c(N)cnc3c2c(Br)c(Cl)n3COCC[Si](C)(C)C)C1. The van der Waals surface area contributed by atoms with Crippen molar-refractivity contribution in [2.75, 3.05) is 17.7 Å². The molecule has 1 aliphatic carbocycles. The van der Waals surface area contributed by atoms with Crippen molar-refractivity contribution in [2.24, 2.45) is 0 Å². The first-order chi connectivity index (χ1) is 15.2. The second-order valence-electron chi connectivity index (χ2n) is 10.8. The molecular weight excluding hydrogens is 526 g/mol. The first kappa shape index (κ1) is 26.1. The van der Waals surface area contributed by atoms with Crippen LogP contribution in [0.25, 0.3) is 11.0 Å². The van der Waals surface area contributed by atoms with Gasteiger partial charge in [0.05, 0.1) is 27.4 Å². The van der Waals surface area contributed by atoms with E-state index in [9.17, 15) is 4.79 Å². The number of nitrogen functional groups attached to an aromatic ring is 1. The van der Waals surface area contributed by atoms with Crippen molar-refractivity contribution >= 4 is 64.1 Å². The Morgan fingerprint density at radius 3 is 2.61 bits per heavy atom. The Morgan fingerprint density at radius 1 is 1.33 bits per heavy atom. The van der Waals surface area contributed by atoms with E-state index >= 15 is 0 Å². The molecule has 8 nitrogen and oxygen atoms in total. The molecule has 0 aliphatic heterocycles. The first-order valence-corrected chi connectivity index (χ1v) is 16.1. The van der Waals surface area contributed by atoms with Gasteiger partial charge in [0, 0.05) is 26.8 Å². The lowest BCUT2D eigenvalue weighted by Gasteiger charge is -2.37. The average molecular weight is 561 g/mol. The Bertz CT molecular complexity index is 1010. The summed E-state index contributed by atoms with van der Waals surface area (Å²) in [6.07, 6.45) is 2.79. The van der Waals surface area contributed by atoms with E-state index in [1.165, 1.54) is 0 Å². The summed E-state index contributed by atoms with van der Waals surface area (Å²) in [6, 6.07) is 1.31. The van der Waals surface area contributed by atoms with Gasteiger partial charge in [-0.2, -0.15) is 0 Å². The maximum absolute atomic E-state index is 12.0. The molecule has 1 fully saturated rings. The van der Waals surface area contributed by atoms with E-state index in [4.69, 9.17) is 26.8 Å². The lowest BCUT2D eigenvalue weighted by molar-refractivity contribution is 0.0475. The van der Waals surface area contributed by atoms with Crippen LogP contribution in [0, 0.1) is 0 Å². The average Bonchev–Trinajstić information content (AvgIpc) is 2.87. The third-order valence-corrected chi connectivity index (χ3v) is 8.50. The first-order valence-electron chi connectivity index (χ1n) is 11.2. The molecule has 2 heterocycles. The fraction of sp³-hybridized carbons (Fsp3) is 0.636. The van der Waals surface area contributed by atoms with Gasteiger partial charge in [-0.3, -0.25) is 4.57 Å². The molecule has 3 rings (SSSR count). The van der Waals surface area contributed by atoms with E-state index in [0.717, 1.165) is 34.4 Å². The number of carbonyl (C=O) groups excluding carboxylic acids is 1. The van der Waals surface area contributed by atoms with Gasteiger partial charge in [0.2, 0.25) is 0 Å². The zero-order valence-electron chi connectivity index (χ0n) is 20.2. The highest BCUT2D eigenvalue weighted by Crippen LogP contribution is 2.41. The summed E-state index contributed by atoms with van der Waals surface area (Å²) in [5.74, 6) is 0. The molecule has 0 aromatic carbocycles.